The van der Waals surface area contributed by atoms with Crippen LogP contribution in [0.5, 0.6) is 0 Å². The van der Waals surface area contributed by atoms with Gasteiger partial charge in [0.25, 0.3) is 5.91 Å². The number of carbonyl (C=O) groups excluding carboxylic acids is 1. The molecule has 0 unspecified atom stereocenters. The van der Waals surface area contributed by atoms with Crippen LogP contribution in [0.4, 0.5) is 8.78 Å². The van der Waals surface area contributed by atoms with E-state index < -0.39 is 32.9 Å². The first-order valence-corrected chi connectivity index (χ1v) is 11.3. The molecular formula is C21H23F2NO3S. The molecule has 28 heavy (non-hydrogen) atoms. The quantitative estimate of drug-likeness (QED) is 0.812. The lowest BCUT2D eigenvalue weighted by molar-refractivity contribution is 0.0863. The summed E-state index contributed by atoms with van der Waals surface area (Å²) in [4.78, 5) is 12.9. The van der Waals surface area contributed by atoms with Crippen molar-refractivity contribution < 1.29 is 22.0 Å². The number of sulfone groups is 1. The molecule has 0 aliphatic heterocycles. The second kappa shape index (κ2) is 7.99. The molecule has 0 aromatic heterocycles. The number of carbonyl (C=O) groups is 1. The van der Waals surface area contributed by atoms with E-state index in [1.807, 2.05) is 0 Å². The van der Waals surface area contributed by atoms with Crippen molar-refractivity contribution in [1.82, 2.24) is 5.32 Å². The summed E-state index contributed by atoms with van der Waals surface area (Å²) in [5, 5.41) is 2.96. The van der Waals surface area contributed by atoms with Gasteiger partial charge >= 0.3 is 0 Å². The summed E-state index contributed by atoms with van der Waals surface area (Å²) in [6.45, 7) is 0. The molecule has 2 aromatic carbocycles. The Labute approximate surface area is 163 Å². The van der Waals surface area contributed by atoms with Crippen LogP contribution in [0.15, 0.2) is 42.5 Å². The molecule has 0 saturated heterocycles. The van der Waals surface area contributed by atoms with E-state index in [1.165, 1.54) is 18.2 Å². The highest BCUT2D eigenvalue weighted by molar-refractivity contribution is 7.89. The number of halogens is 2. The summed E-state index contributed by atoms with van der Waals surface area (Å²) in [5.74, 6) is -1.90. The molecule has 1 fully saturated rings. The van der Waals surface area contributed by atoms with Crippen LogP contribution >= 0.6 is 0 Å². The summed E-state index contributed by atoms with van der Waals surface area (Å²) in [5.41, 5.74) is 0.212. The smallest absolute Gasteiger partial charge is 0.251 e. The van der Waals surface area contributed by atoms with E-state index in [2.05, 4.69) is 5.32 Å². The van der Waals surface area contributed by atoms with E-state index in [0.717, 1.165) is 31.6 Å². The number of hydrogen-bond acceptors (Lipinski definition) is 3. The van der Waals surface area contributed by atoms with Gasteiger partial charge in [0.15, 0.2) is 9.84 Å². The van der Waals surface area contributed by atoms with E-state index in [0.29, 0.717) is 24.0 Å². The highest BCUT2D eigenvalue weighted by Gasteiger charge is 2.37. The third kappa shape index (κ3) is 4.76. The van der Waals surface area contributed by atoms with Gasteiger partial charge in [0.1, 0.15) is 11.6 Å². The first kappa shape index (κ1) is 20.5. The van der Waals surface area contributed by atoms with Crippen LogP contribution < -0.4 is 5.32 Å². The van der Waals surface area contributed by atoms with Gasteiger partial charge in [-0.2, -0.15) is 0 Å². The summed E-state index contributed by atoms with van der Waals surface area (Å²) in [6.07, 6.45) is 4.89. The monoisotopic (exact) mass is 407 g/mol. The SMILES string of the molecule is CS(=O)(=O)Cc1cccc(C(=O)NC2(c3ccc(F)cc3F)CCCCC2)c1. The zero-order valence-electron chi connectivity index (χ0n) is 15.7. The van der Waals surface area contributed by atoms with Gasteiger partial charge < -0.3 is 5.32 Å². The Kier molecular flexibility index (Phi) is 5.84. The van der Waals surface area contributed by atoms with Crippen molar-refractivity contribution >= 4 is 15.7 Å². The number of amides is 1. The lowest BCUT2D eigenvalue weighted by Gasteiger charge is -2.39. The fourth-order valence-corrected chi connectivity index (χ4v) is 4.67. The minimum atomic E-state index is -3.23. The van der Waals surface area contributed by atoms with E-state index in [1.54, 1.807) is 18.2 Å². The topological polar surface area (TPSA) is 63.2 Å². The highest BCUT2D eigenvalue weighted by Crippen LogP contribution is 2.38. The molecule has 0 bridgehead atoms. The molecule has 1 aliphatic carbocycles. The van der Waals surface area contributed by atoms with Crippen LogP contribution in [-0.2, 0) is 21.1 Å². The van der Waals surface area contributed by atoms with Crippen molar-refractivity contribution in [1.29, 1.82) is 0 Å². The molecule has 1 amide bonds. The van der Waals surface area contributed by atoms with Crippen LogP contribution in [0.3, 0.4) is 0 Å². The number of benzene rings is 2. The second-order valence-corrected chi connectivity index (χ2v) is 9.63. The Hall–Kier alpha value is -2.28. The summed E-state index contributed by atoms with van der Waals surface area (Å²) < 4.78 is 50.9. The fraction of sp³-hybridized carbons (Fsp3) is 0.381. The average Bonchev–Trinajstić information content (AvgIpc) is 2.61. The molecule has 150 valence electrons. The average molecular weight is 407 g/mol. The van der Waals surface area contributed by atoms with Gasteiger partial charge in [-0.3, -0.25) is 4.79 Å². The molecule has 7 heteroatoms. The van der Waals surface area contributed by atoms with Crippen molar-refractivity contribution in [3.8, 4) is 0 Å². The van der Waals surface area contributed by atoms with Gasteiger partial charge in [-0.15, -0.1) is 0 Å². The Morgan fingerprint density at radius 2 is 1.79 bits per heavy atom. The Bertz CT molecular complexity index is 983. The van der Waals surface area contributed by atoms with E-state index >= 15 is 0 Å². The summed E-state index contributed by atoms with van der Waals surface area (Å²) >= 11 is 0. The van der Waals surface area contributed by atoms with Gasteiger partial charge in [-0.25, -0.2) is 17.2 Å². The molecule has 3 rings (SSSR count). The van der Waals surface area contributed by atoms with E-state index in [4.69, 9.17) is 0 Å². The zero-order valence-corrected chi connectivity index (χ0v) is 16.5. The standard InChI is InChI=1S/C21H23F2NO3S/c1-28(26,27)14-15-6-5-7-16(12-15)20(25)24-21(10-3-2-4-11-21)18-9-8-17(22)13-19(18)23/h5-9,12-13H,2-4,10-11,14H2,1H3,(H,24,25). The molecule has 0 atom stereocenters. The van der Waals surface area contributed by atoms with Crippen LogP contribution in [-0.4, -0.2) is 20.6 Å². The third-order valence-corrected chi connectivity index (χ3v) is 5.98. The largest absolute Gasteiger partial charge is 0.342 e. The van der Waals surface area contributed by atoms with Crippen molar-refractivity contribution in [3.63, 3.8) is 0 Å². The van der Waals surface area contributed by atoms with Crippen molar-refractivity contribution in [3.05, 3.63) is 70.8 Å². The van der Waals surface area contributed by atoms with Crippen LogP contribution in [0.25, 0.3) is 0 Å². The maximum Gasteiger partial charge on any atom is 0.251 e. The number of hydrogen-bond donors (Lipinski definition) is 1. The molecule has 2 aromatic rings. The Balaban J connectivity index is 1.91. The molecule has 1 aliphatic rings. The fourth-order valence-electron chi connectivity index (χ4n) is 3.89. The first-order chi connectivity index (χ1) is 13.2. The lowest BCUT2D eigenvalue weighted by atomic mass is 9.76. The maximum atomic E-state index is 14.5. The van der Waals surface area contributed by atoms with Gasteiger partial charge in [0.2, 0.25) is 0 Å². The van der Waals surface area contributed by atoms with Gasteiger partial charge in [0.05, 0.1) is 11.3 Å². The highest BCUT2D eigenvalue weighted by atomic mass is 32.2. The van der Waals surface area contributed by atoms with Crippen molar-refractivity contribution in [2.24, 2.45) is 0 Å². The minimum Gasteiger partial charge on any atom is -0.342 e. The molecule has 0 radical (unpaired) electrons. The molecule has 4 nitrogen and oxygen atoms in total. The van der Waals surface area contributed by atoms with Crippen LogP contribution in [0.2, 0.25) is 0 Å². The van der Waals surface area contributed by atoms with E-state index in [9.17, 15) is 22.0 Å². The van der Waals surface area contributed by atoms with E-state index in [-0.39, 0.29) is 11.3 Å². The Morgan fingerprint density at radius 1 is 1.07 bits per heavy atom. The minimum absolute atomic E-state index is 0.161. The van der Waals surface area contributed by atoms with Gasteiger partial charge in [0, 0.05) is 23.4 Å². The maximum absolute atomic E-state index is 14.5. The zero-order chi connectivity index (χ0) is 20.4. The molecule has 0 spiro atoms. The lowest BCUT2D eigenvalue weighted by Crippen LogP contribution is -2.47. The molecular weight excluding hydrogens is 384 g/mol. The summed E-state index contributed by atoms with van der Waals surface area (Å²) in [7, 11) is -3.23. The predicted octanol–water partition coefficient (Wildman–Crippen LogP) is 4.10. The Morgan fingerprint density at radius 3 is 2.43 bits per heavy atom. The third-order valence-electron chi connectivity index (χ3n) is 5.12. The predicted molar refractivity (Wildman–Crippen MR) is 104 cm³/mol. The summed E-state index contributed by atoms with van der Waals surface area (Å²) in [6, 6.07) is 9.84. The van der Waals surface area contributed by atoms with Crippen LogP contribution in [0.1, 0.15) is 53.6 Å². The molecule has 1 N–H and O–H groups in total. The number of nitrogens with one attached hydrogen (secondary N) is 1. The van der Waals surface area contributed by atoms with Gasteiger partial charge in [-0.05, 0) is 36.6 Å². The normalized spacial score (nSPS) is 16.5. The first-order valence-electron chi connectivity index (χ1n) is 9.23. The molecule has 1 saturated carbocycles. The second-order valence-electron chi connectivity index (χ2n) is 7.49. The van der Waals surface area contributed by atoms with Crippen molar-refractivity contribution in [2.45, 2.75) is 43.4 Å². The number of rotatable bonds is 5. The molecule has 0 heterocycles. The van der Waals surface area contributed by atoms with Crippen molar-refractivity contribution in [2.75, 3.05) is 6.26 Å². The van der Waals surface area contributed by atoms with Gasteiger partial charge in [-0.1, -0.05) is 37.5 Å². The van der Waals surface area contributed by atoms with Crippen LogP contribution in [0, 0.1) is 11.6 Å².